The quantitative estimate of drug-likeness (QED) is 0.0797. The largest absolute Gasteiger partial charge is 0.504 e. The molecule has 18 nitrogen and oxygen atoms in total. The molecule has 1 fully saturated rings. The molecule has 252 valence electrons. The lowest BCUT2D eigenvalue weighted by molar-refractivity contribution is -0.144. The van der Waals surface area contributed by atoms with Crippen LogP contribution in [0, 0.1) is 0 Å². The first-order valence-corrected chi connectivity index (χ1v) is 14.1. The summed E-state index contributed by atoms with van der Waals surface area (Å²) in [4.78, 5) is 65.1. The Morgan fingerprint density at radius 3 is 2.16 bits per heavy atom. The molecule has 1 aliphatic rings. The van der Waals surface area contributed by atoms with Gasteiger partial charge in [0, 0.05) is 20.0 Å². The van der Waals surface area contributed by atoms with E-state index in [1.54, 1.807) is 6.92 Å². The number of phenols is 2. The molecule has 4 unspecified atom stereocenters. The molecule has 45 heavy (non-hydrogen) atoms. The molecule has 1 aromatic rings. The van der Waals surface area contributed by atoms with Crippen molar-refractivity contribution < 1.29 is 59.7 Å². The normalized spacial score (nSPS) is 21.0. The second kappa shape index (κ2) is 16.3. The Morgan fingerprint density at radius 2 is 1.62 bits per heavy atom. The topological polar surface area (TPSA) is 304 Å². The standard InChI is InChI=1S/C27H42N6O12/c1-4-30-19(11(2)34)27(45)33-10-13(35)8-14(33)24(42)32-21(23(41)22(40)12-5-6-15(36)16(37)7-12)26(44)31-20(25(43)29-3)17(38)9-18(28)39/h5-7,11,13-14,17,19-23,30,34-38,40-41H,4,8-10H2,1-3H3,(H2,28,39)(H,29,43)(H,31,44)(H,32,42)/t11-,13-,14?,17-,19?,20?,21?,22+,23+/m1/s1. The van der Waals surface area contributed by atoms with Crippen molar-refractivity contribution in [3.63, 3.8) is 0 Å². The third kappa shape index (κ3) is 9.46. The van der Waals surface area contributed by atoms with Crippen LogP contribution in [0.25, 0.3) is 0 Å². The summed E-state index contributed by atoms with van der Waals surface area (Å²) < 4.78 is 0. The highest BCUT2D eigenvalue weighted by atomic mass is 16.3. The third-order valence-electron chi connectivity index (χ3n) is 7.25. The highest BCUT2D eigenvalue weighted by Crippen LogP contribution is 2.30. The predicted molar refractivity (Wildman–Crippen MR) is 154 cm³/mol. The van der Waals surface area contributed by atoms with Crippen molar-refractivity contribution in [1.82, 2.24) is 26.2 Å². The van der Waals surface area contributed by atoms with Crippen LogP contribution in [0.5, 0.6) is 11.5 Å². The summed E-state index contributed by atoms with van der Waals surface area (Å²) in [6.07, 6.45) is -9.51. The number of rotatable bonds is 15. The second-order valence-corrected chi connectivity index (χ2v) is 10.7. The minimum atomic E-state index is -2.22. The van der Waals surface area contributed by atoms with E-state index in [-0.39, 0.29) is 25.1 Å². The molecular weight excluding hydrogens is 600 g/mol. The van der Waals surface area contributed by atoms with Crippen LogP contribution in [0.1, 0.15) is 38.4 Å². The van der Waals surface area contributed by atoms with Gasteiger partial charge in [-0.1, -0.05) is 13.0 Å². The number of amides is 5. The van der Waals surface area contributed by atoms with Gasteiger partial charge in [-0.05, 0) is 31.2 Å². The van der Waals surface area contributed by atoms with E-state index < -0.39 is 102 Å². The number of carbonyl (C=O) groups excluding carboxylic acids is 5. The number of nitrogens with one attached hydrogen (secondary N) is 4. The number of primary amides is 1. The number of hydrogen-bond acceptors (Lipinski definition) is 13. The number of phenolic OH excluding ortho intramolecular Hbond substituents is 2. The number of benzene rings is 1. The molecule has 5 amide bonds. The van der Waals surface area contributed by atoms with Crippen LogP contribution in [0.4, 0.5) is 0 Å². The smallest absolute Gasteiger partial charge is 0.246 e. The number of likely N-dealkylation sites (N-methyl/N-ethyl adjacent to an activating group) is 2. The number of nitrogens with two attached hydrogens (primary N) is 1. The maximum atomic E-state index is 13.6. The molecule has 1 saturated heterocycles. The van der Waals surface area contributed by atoms with Gasteiger partial charge < -0.3 is 67.6 Å². The van der Waals surface area contributed by atoms with Gasteiger partial charge in [0.15, 0.2) is 11.5 Å². The van der Waals surface area contributed by atoms with Gasteiger partial charge in [0.2, 0.25) is 29.5 Å². The van der Waals surface area contributed by atoms with Crippen molar-refractivity contribution in [1.29, 1.82) is 0 Å². The van der Waals surface area contributed by atoms with Crippen LogP contribution in [0.2, 0.25) is 0 Å². The Bertz CT molecular complexity index is 1230. The number of β-amino-alcohol motifs (C(OH)–C–C–N with tert-alkyl or cyclic N) is 1. The lowest BCUT2D eigenvalue weighted by atomic mass is 9.96. The SMILES string of the molecule is CCNC(C(=O)N1C[C@H](O)CC1C(=O)NC(C(=O)NC(C(=O)NC)[C@H](O)CC(N)=O)[C@H](O)[C@@H](O)c1ccc(O)c(O)c1)[C@@H](C)O. The minimum absolute atomic E-state index is 0.208. The summed E-state index contributed by atoms with van der Waals surface area (Å²) in [5.41, 5.74) is 4.89. The van der Waals surface area contributed by atoms with Crippen LogP contribution in [-0.2, 0) is 24.0 Å². The van der Waals surface area contributed by atoms with Gasteiger partial charge in [-0.3, -0.25) is 24.0 Å². The first-order chi connectivity index (χ1) is 21.0. The van der Waals surface area contributed by atoms with Crippen LogP contribution in [0.15, 0.2) is 18.2 Å². The van der Waals surface area contributed by atoms with Crippen molar-refractivity contribution in [2.24, 2.45) is 5.73 Å². The zero-order valence-electron chi connectivity index (χ0n) is 25.0. The molecular formula is C27H42N6O12. The average molecular weight is 643 g/mol. The summed E-state index contributed by atoms with van der Waals surface area (Å²) in [7, 11) is 1.17. The summed E-state index contributed by atoms with van der Waals surface area (Å²) in [6, 6.07) is -3.53. The Hall–Kier alpha value is -4.07. The summed E-state index contributed by atoms with van der Waals surface area (Å²) in [6.45, 7) is 3.00. The van der Waals surface area contributed by atoms with Crippen molar-refractivity contribution >= 4 is 29.5 Å². The first-order valence-electron chi connectivity index (χ1n) is 14.1. The van der Waals surface area contributed by atoms with E-state index in [1.165, 1.54) is 14.0 Å². The molecule has 0 spiro atoms. The molecule has 13 N–H and O–H groups in total. The molecule has 2 rings (SSSR count). The number of hydrogen-bond donors (Lipinski definition) is 12. The maximum Gasteiger partial charge on any atom is 0.246 e. The van der Waals surface area contributed by atoms with Crippen LogP contribution in [-0.4, -0.2) is 139 Å². The van der Waals surface area contributed by atoms with Gasteiger partial charge >= 0.3 is 0 Å². The third-order valence-corrected chi connectivity index (χ3v) is 7.25. The molecule has 0 bridgehead atoms. The predicted octanol–water partition coefficient (Wildman–Crippen LogP) is -5.24. The number of nitrogens with zero attached hydrogens (tertiary/aromatic N) is 1. The van der Waals surface area contributed by atoms with Gasteiger partial charge in [0.1, 0.15) is 36.4 Å². The number of carbonyl (C=O) groups is 5. The molecule has 0 saturated carbocycles. The van der Waals surface area contributed by atoms with Gasteiger partial charge in [0.25, 0.3) is 0 Å². The number of likely N-dealkylation sites (tertiary alicyclic amines) is 1. The van der Waals surface area contributed by atoms with Gasteiger partial charge in [-0.25, -0.2) is 0 Å². The van der Waals surface area contributed by atoms with Gasteiger partial charge in [0.05, 0.1) is 24.7 Å². The zero-order chi connectivity index (χ0) is 34.2. The van der Waals surface area contributed by atoms with Gasteiger partial charge in [-0.2, -0.15) is 0 Å². The zero-order valence-corrected chi connectivity index (χ0v) is 25.0. The van der Waals surface area contributed by atoms with E-state index in [1.807, 2.05) is 0 Å². The Balaban J connectivity index is 2.47. The number of aromatic hydroxyl groups is 2. The molecule has 1 heterocycles. The fourth-order valence-electron chi connectivity index (χ4n) is 4.89. The highest BCUT2D eigenvalue weighted by Gasteiger charge is 2.45. The summed E-state index contributed by atoms with van der Waals surface area (Å²) in [5, 5.41) is 81.6. The molecule has 18 heteroatoms. The van der Waals surface area contributed by atoms with E-state index in [2.05, 4.69) is 21.3 Å². The van der Waals surface area contributed by atoms with Gasteiger partial charge in [-0.15, -0.1) is 0 Å². The monoisotopic (exact) mass is 642 g/mol. The fourth-order valence-corrected chi connectivity index (χ4v) is 4.89. The Kier molecular flexibility index (Phi) is 13.4. The summed E-state index contributed by atoms with van der Waals surface area (Å²) >= 11 is 0. The Morgan fingerprint density at radius 1 is 0.978 bits per heavy atom. The highest BCUT2D eigenvalue weighted by molar-refractivity contribution is 5.96. The average Bonchev–Trinajstić information content (AvgIpc) is 3.38. The van der Waals surface area contributed by atoms with Crippen molar-refractivity contribution in [3.8, 4) is 11.5 Å². The van der Waals surface area contributed by atoms with E-state index in [9.17, 15) is 59.7 Å². The van der Waals surface area contributed by atoms with E-state index in [4.69, 9.17) is 5.73 Å². The van der Waals surface area contributed by atoms with Crippen LogP contribution < -0.4 is 27.0 Å². The Labute approximate surface area is 258 Å². The van der Waals surface area contributed by atoms with E-state index in [0.717, 1.165) is 23.1 Å². The lowest BCUT2D eigenvalue weighted by Gasteiger charge is -2.33. The van der Waals surface area contributed by atoms with Crippen molar-refractivity contribution in [2.45, 2.75) is 81.4 Å². The number of aliphatic hydroxyl groups is 5. The summed E-state index contributed by atoms with van der Waals surface area (Å²) in [5.74, 6) is -6.38. The molecule has 1 aliphatic heterocycles. The lowest BCUT2D eigenvalue weighted by Crippen LogP contribution is -2.63. The van der Waals surface area contributed by atoms with E-state index >= 15 is 0 Å². The molecule has 1 aromatic carbocycles. The molecule has 0 aliphatic carbocycles. The van der Waals surface area contributed by atoms with Crippen LogP contribution >= 0.6 is 0 Å². The van der Waals surface area contributed by atoms with Crippen molar-refractivity contribution in [3.05, 3.63) is 23.8 Å². The molecule has 0 radical (unpaired) electrons. The van der Waals surface area contributed by atoms with Crippen molar-refractivity contribution in [2.75, 3.05) is 20.1 Å². The van der Waals surface area contributed by atoms with E-state index in [0.29, 0.717) is 0 Å². The first kappa shape index (κ1) is 37.1. The van der Waals surface area contributed by atoms with Crippen LogP contribution in [0.3, 0.4) is 0 Å². The molecule has 0 aromatic heterocycles. The fraction of sp³-hybridized carbons (Fsp3) is 0.593. The number of aliphatic hydroxyl groups excluding tert-OH is 5. The minimum Gasteiger partial charge on any atom is -0.504 e. The second-order valence-electron chi connectivity index (χ2n) is 10.7. The maximum absolute atomic E-state index is 13.6. The molecule has 9 atom stereocenters.